The van der Waals surface area contributed by atoms with Gasteiger partial charge in [-0.2, -0.15) is 0 Å². The number of halogens is 1. The van der Waals surface area contributed by atoms with Crippen LogP contribution in [0.25, 0.3) is 0 Å². The van der Waals surface area contributed by atoms with Gasteiger partial charge in [-0.3, -0.25) is 0 Å². The first-order valence-corrected chi connectivity index (χ1v) is 8.28. The second-order valence-electron chi connectivity index (χ2n) is 4.73. The molecule has 0 aromatic carbocycles. The van der Waals surface area contributed by atoms with Crippen molar-refractivity contribution in [3.05, 3.63) is 0 Å². The van der Waals surface area contributed by atoms with Crippen molar-refractivity contribution >= 4 is 28.7 Å². The quantitative estimate of drug-likeness (QED) is 0.412. The molecule has 0 aromatic rings. The number of hydrogen-bond donors (Lipinski definition) is 0. The van der Waals surface area contributed by atoms with Gasteiger partial charge in [-0.25, -0.2) is 4.79 Å². The summed E-state index contributed by atoms with van der Waals surface area (Å²) >= 11 is 2.43. The van der Waals surface area contributed by atoms with Crippen LogP contribution in [0.5, 0.6) is 0 Å². The van der Waals surface area contributed by atoms with Crippen LogP contribution in [0, 0.1) is 5.92 Å². The minimum Gasteiger partial charge on any atom is -0.449 e. The van der Waals surface area contributed by atoms with Gasteiger partial charge in [-0.15, -0.1) is 0 Å². The van der Waals surface area contributed by atoms with Crippen molar-refractivity contribution in [2.75, 3.05) is 24.1 Å². The molecule has 0 N–H and O–H groups in total. The summed E-state index contributed by atoms with van der Waals surface area (Å²) in [7, 11) is 0. The molecule has 1 aliphatic heterocycles. The van der Waals surface area contributed by atoms with E-state index in [4.69, 9.17) is 4.74 Å². The molecule has 1 rings (SSSR count). The highest BCUT2D eigenvalue weighted by Crippen LogP contribution is 2.22. The first-order chi connectivity index (χ1) is 8.27. The number of likely N-dealkylation sites (tertiary alicyclic amines) is 1. The maximum Gasteiger partial charge on any atom is 0.409 e. The highest BCUT2D eigenvalue weighted by molar-refractivity contribution is 14.1. The zero-order chi connectivity index (χ0) is 12.5. The lowest BCUT2D eigenvalue weighted by molar-refractivity contribution is 0.0858. The van der Waals surface area contributed by atoms with Crippen molar-refractivity contribution in [3.8, 4) is 0 Å². The van der Waals surface area contributed by atoms with Crippen molar-refractivity contribution < 1.29 is 9.53 Å². The van der Waals surface area contributed by atoms with Gasteiger partial charge < -0.3 is 9.64 Å². The third-order valence-electron chi connectivity index (χ3n) is 3.34. The number of amides is 1. The van der Waals surface area contributed by atoms with E-state index in [0.29, 0.717) is 6.61 Å². The van der Waals surface area contributed by atoms with Crippen molar-refractivity contribution in [2.24, 2.45) is 5.92 Å². The molecule has 17 heavy (non-hydrogen) atoms. The summed E-state index contributed by atoms with van der Waals surface area (Å²) in [5.74, 6) is 0.824. The van der Waals surface area contributed by atoms with Gasteiger partial charge in [-0.1, -0.05) is 35.9 Å². The molecule has 1 amide bonds. The van der Waals surface area contributed by atoms with Crippen LogP contribution >= 0.6 is 22.6 Å². The number of carbonyl (C=O) groups excluding carboxylic acids is 1. The fourth-order valence-electron chi connectivity index (χ4n) is 2.17. The van der Waals surface area contributed by atoms with E-state index in [-0.39, 0.29) is 6.09 Å². The Morgan fingerprint density at radius 2 is 2.06 bits per heavy atom. The maximum atomic E-state index is 11.7. The van der Waals surface area contributed by atoms with Gasteiger partial charge in [0.1, 0.15) is 0 Å². The van der Waals surface area contributed by atoms with Crippen LogP contribution in [0.4, 0.5) is 4.79 Å². The Hall–Kier alpha value is 0. The average molecular weight is 353 g/mol. The van der Waals surface area contributed by atoms with E-state index in [0.717, 1.165) is 44.7 Å². The molecule has 0 bridgehead atoms. The topological polar surface area (TPSA) is 29.5 Å². The molecule has 0 saturated carbocycles. The molecule has 1 fully saturated rings. The normalized spacial score (nSPS) is 17.2. The van der Waals surface area contributed by atoms with E-state index in [9.17, 15) is 4.79 Å². The monoisotopic (exact) mass is 353 g/mol. The molecular formula is C13H24INO2. The number of ether oxygens (including phenoxy) is 1. The Morgan fingerprint density at radius 3 is 2.65 bits per heavy atom. The summed E-state index contributed by atoms with van der Waals surface area (Å²) in [4.78, 5) is 13.6. The van der Waals surface area contributed by atoms with Gasteiger partial charge in [0.2, 0.25) is 0 Å². The second kappa shape index (κ2) is 9.00. The van der Waals surface area contributed by atoms with Gasteiger partial charge in [0, 0.05) is 13.1 Å². The van der Waals surface area contributed by atoms with E-state index in [1.807, 2.05) is 4.90 Å². The molecule has 0 spiro atoms. The van der Waals surface area contributed by atoms with E-state index in [1.165, 1.54) is 17.3 Å². The first-order valence-electron chi connectivity index (χ1n) is 6.75. The highest BCUT2D eigenvalue weighted by Gasteiger charge is 2.23. The van der Waals surface area contributed by atoms with Crippen LogP contribution in [0.1, 0.15) is 45.4 Å². The average Bonchev–Trinajstić information content (AvgIpc) is 2.37. The van der Waals surface area contributed by atoms with Crippen molar-refractivity contribution in [1.29, 1.82) is 0 Å². The van der Waals surface area contributed by atoms with E-state index in [2.05, 4.69) is 29.5 Å². The number of alkyl halides is 1. The second-order valence-corrected chi connectivity index (χ2v) is 5.81. The molecule has 1 aliphatic rings. The Balaban J connectivity index is 2.15. The Labute approximate surface area is 118 Å². The number of carbonyl (C=O) groups is 1. The number of unbranched alkanes of at least 4 members (excludes halogenated alkanes) is 1. The fourth-order valence-corrected chi connectivity index (χ4v) is 2.61. The molecule has 0 aromatic heterocycles. The maximum absolute atomic E-state index is 11.7. The van der Waals surface area contributed by atoms with Crippen LogP contribution in [-0.2, 0) is 4.74 Å². The van der Waals surface area contributed by atoms with E-state index < -0.39 is 0 Å². The lowest BCUT2D eigenvalue weighted by Crippen LogP contribution is -2.38. The summed E-state index contributed by atoms with van der Waals surface area (Å²) < 4.78 is 6.47. The van der Waals surface area contributed by atoms with Crippen LogP contribution in [0.15, 0.2) is 0 Å². The van der Waals surface area contributed by atoms with Crippen LogP contribution < -0.4 is 0 Å². The largest absolute Gasteiger partial charge is 0.449 e. The summed E-state index contributed by atoms with van der Waals surface area (Å²) in [5.41, 5.74) is 0. The SMILES string of the molecule is CCCCOC(=O)N1CCC(CCCI)CC1. The Morgan fingerprint density at radius 1 is 1.35 bits per heavy atom. The summed E-state index contributed by atoms with van der Waals surface area (Å²) in [5, 5.41) is 0. The van der Waals surface area contributed by atoms with Gasteiger partial charge in [0.25, 0.3) is 0 Å². The minimum absolute atomic E-state index is 0.106. The van der Waals surface area contributed by atoms with Crippen LogP contribution in [0.3, 0.4) is 0 Å². The molecule has 100 valence electrons. The van der Waals surface area contributed by atoms with Gasteiger partial charge in [-0.05, 0) is 42.4 Å². The van der Waals surface area contributed by atoms with Crippen molar-refractivity contribution in [3.63, 3.8) is 0 Å². The smallest absolute Gasteiger partial charge is 0.409 e. The minimum atomic E-state index is -0.106. The lowest BCUT2D eigenvalue weighted by atomic mass is 9.93. The molecule has 3 nitrogen and oxygen atoms in total. The number of nitrogens with zero attached hydrogens (tertiary/aromatic N) is 1. The molecule has 0 unspecified atom stereocenters. The van der Waals surface area contributed by atoms with Crippen molar-refractivity contribution in [2.45, 2.75) is 45.4 Å². The Bertz CT molecular complexity index is 215. The third kappa shape index (κ3) is 5.93. The molecule has 0 atom stereocenters. The van der Waals surface area contributed by atoms with Gasteiger partial charge in [0.15, 0.2) is 0 Å². The van der Waals surface area contributed by atoms with E-state index >= 15 is 0 Å². The fraction of sp³-hybridized carbons (Fsp3) is 0.923. The Kier molecular flexibility index (Phi) is 7.97. The summed E-state index contributed by atoms with van der Waals surface area (Å²) in [6, 6.07) is 0. The zero-order valence-corrected chi connectivity index (χ0v) is 12.9. The summed E-state index contributed by atoms with van der Waals surface area (Å²) in [6.45, 7) is 4.45. The standard InChI is InChI=1S/C13H24INO2/c1-2-3-11-17-13(16)15-9-6-12(7-10-15)5-4-8-14/h12H,2-11H2,1H3. The number of hydrogen-bond acceptors (Lipinski definition) is 2. The number of rotatable bonds is 6. The molecule has 1 saturated heterocycles. The molecule has 4 heteroatoms. The van der Waals surface area contributed by atoms with Gasteiger partial charge in [0.05, 0.1) is 6.61 Å². The molecule has 0 aliphatic carbocycles. The molecular weight excluding hydrogens is 329 g/mol. The molecule has 1 heterocycles. The molecule has 0 radical (unpaired) electrons. The van der Waals surface area contributed by atoms with Crippen LogP contribution in [0.2, 0.25) is 0 Å². The predicted molar refractivity (Wildman–Crippen MR) is 78.7 cm³/mol. The third-order valence-corrected chi connectivity index (χ3v) is 4.10. The van der Waals surface area contributed by atoms with E-state index in [1.54, 1.807) is 0 Å². The zero-order valence-electron chi connectivity index (χ0n) is 10.8. The summed E-state index contributed by atoms with van der Waals surface area (Å²) in [6.07, 6.45) is 6.88. The number of piperidine rings is 1. The first kappa shape index (κ1) is 15.1. The van der Waals surface area contributed by atoms with Gasteiger partial charge >= 0.3 is 6.09 Å². The van der Waals surface area contributed by atoms with Crippen LogP contribution in [-0.4, -0.2) is 35.1 Å². The van der Waals surface area contributed by atoms with Crippen molar-refractivity contribution in [1.82, 2.24) is 4.90 Å². The highest BCUT2D eigenvalue weighted by atomic mass is 127. The lowest BCUT2D eigenvalue weighted by Gasteiger charge is -2.31. The predicted octanol–water partition coefficient (Wildman–Crippen LogP) is 3.85.